The van der Waals surface area contributed by atoms with Gasteiger partial charge in [0, 0.05) is 52.1 Å². The first kappa shape index (κ1) is 39.9. The van der Waals surface area contributed by atoms with E-state index < -0.39 is 24.6 Å². The average Bonchev–Trinajstić information content (AvgIpc) is 3.11. The molecule has 0 unspecified atom stereocenters. The Kier molecular flexibility index (Phi) is 17.5. The average molecular weight is 751 g/mol. The Bertz CT molecular complexity index is 1500. The molecular weight excluding hydrogens is 716 g/mol. The molecule has 0 bridgehead atoms. The van der Waals surface area contributed by atoms with Crippen molar-refractivity contribution >= 4 is 79.4 Å². The summed E-state index contributed by atoms with van der Waals surface area (Å²) in [6.07, 6.45) is 4.08. The van der Waals surface area contributed by atoms with Crippen molar-refractivity contribution in [3.05, 3.63) is 84.7 Å². The highest BCUT2D eigenvalue weighted by Gasteiger charge is 2.35. The summed E-state index contributed by atoms with van der Waals surface area (Å²) in [6, 6.07) is 12.5. The molecule has 49 heavy (non-hydrogen) atoms. The molecule has 0 amide bonds. The Morgan fingerprint density at radius 2 is 1.08 bits per heavy atom. The van der Waals surface area contributed by atoms with Crippen LogP contribution in [0.25, 0.3) is 0 Å². The van der Waals surface area contributed by atoms with E-state index >= 15 is 0 Å². The standard InChI is InChI=1S/C34H35FO10S4/c1-3-29(36)44-20-42-25-12-8-23(9-13-25)31(38)46-16-18-48-33(40)27-6-4-5-7-28(27)34(41)49-19-17-47-32(39)24-10-14-26(15-11-24)43-21-45-30(37)22(2)35/h3,8-15,27-28H,1-2,4-7,16-21H2/t27-,28-/m0/s1. The molecule has 10 nitrogen and oxygen atoms in total. The van der Waals surface area contributed by atoms with Crippen LogP contribution < -0.4 is 9.47 Å². The lowest BCUT2D eigenvalue weighted by atomic mass is 9.81. The lowest BCUT2D eigenvalue weighted by Crippen LogP contribution is -2.30. The normalized spacial score (nSPS) is 15.4. The van der Waals surface area contributed by atoms with Gasteiger partial charge in [-0.05, 0) is 61.4 Å². The fourth-order valence-electron chi connectivity index (χ4n) is 4.45. The zero-order valence-electron chi connectivity index (χ0n) is 26.4. The van der Waals surface area contributed by atoms with Gasteiger partial charge in [-0.1, -0.05) is 73.0 Å². The topological polar surface area (TPSA) is 139 Å². The molecular formula is C34H35FO10S4. The summed E-state index contributed by atoms with van der Waals surface area (Å²) < 4.78 is 32.3. The summed E-state index contributed by atoms with van der Waals surface area (Å²) in [7, 11) is 0. The molecule has 2 aromatic rings. The third-order valence-electron chi connectivity index (χ3n) is 6.90. The number of rotatable bonds is 18. The fraction of sp³-hybridized carbons (Fsp3) is 0.353. The number of hydrogen-bond donors (Lipinski definition) is 0. The number of halogens is 1. The summed E-state index contributed by atoms with van der Waals surface area (Å²) in [5.41, 5.74) is 0.894. The Morgan fingerprint density at radius 1 is 0.673 bits per heavy atom. The van der Waals surface area contributed by atoms with E-state index in [4.69, 9.17) is 14.2 Å². The van der Waals surface area contributed by atoms with Crippen LogP contribution in [0.15, 0.2) is 73.6 Å². The number of esters is 2. The monoisotopic (exact) mass is 750 g/mol. The van der Waals surface area contributed by atoms with Crippen LogP contribution in [0.3, 0.4) is 0 Å². The first-order valence-corrected chi connectivity index (χ1v) is 19.0. The van der Waals surface area contributed by atoms with Crippen LogP contribution >= 0.6 is 47.0 Å². The van der Waals surface area contributed by atoms with Gasteiger partial charge >= 0.3 is 11.9 Å². The summed E-state index contributed by atoms with van der Waals surface area (Å²) in [6.45, 7) is 5.35. The van der Waals surface area contributed by atoms with Gasteiger partial charge in [0.2, 0.25) is 29.6 Å². The molecule has 3 rings (SSSR count). The quantitative estimate of drug-likeness (QED) is 0.0676. The number of benzene rings is 2. The first-order valence-electron chi connectivity index (χ1n) is 15.0. The lowest BCUT2D eigenvalue weighted by Gasteiger charge is -2.28. The van der Waals surface area contributed by atoms with E-state index in [-0.39, 0.29) is 39.1 Å². The number of ether oxygens (including phenoxy) is 4. The maximum Gasteiger partial charge on any atom is 0.369 e. The molecule has 1 fully saturated rings. The van der Waals surface area contributed by atoms with Crippen molar-refractivity contribution in [1.29, 1.82) is 0 Å². The second-order valence-electron chi connectivity index (χ2n) is 10.2. The van der Waals surface area contributed by atoms with Crippen LogP contribution in [0, 0.1) is 11.8 Å². The molecule has 0 N–H and O–H groups in total. The molecule has 15 heteroatoms. The Morgan fingerprint density at radius 3 is 1.49 bits per heavy atom. The van der Waals surface area contributed by atoms with Gasteiger partial charge in [0.1, 0.15) is 11.5 Å². The molecule has 2 atom stereocenters. The number of carbonyl (C=O) groups excluding carboxylic acids is 6. The van der Waals surface area contributed by atoms with E-state index in [2.05, 4.69) is 17.9 Å². The van der Waals surface area contributed by atoms with Gasteiger partial charge in [-0.3, -0.25) is 19.2 Å². The van der Waals surface area contributed by atoms with E-state index in [1.54, 1.807) is 36.4 Å². The predicted octanol–water partition coefficient (Wildman–Crippen LogP) is 6.89. The van der Waals surface area contributed by atoms with E-state index in [9.17, 15) is 33.2 Å². The third-order valence-corrected chi connectivity index (χ3v) is 11.2. The van der Waals surface area contributed by atoms with Gasteiger partial charge in [-0.2, -0.15) is 4.39 Å². The molecule has 0 saturated heterocycles. The van der Waals surface area contributed by atoms with Gasteiger partial charge in [0.15, 0.2) is 10.2 Å². The molecule has 0 aliphatic heterocycles. The molecule has 0 radical (unpaired) electrons. The number of carbonyl (C=O) groups is 6. The minimum atomic E-state index is -1.23. The van der Waals surface area contributed by atoms with Crippen molar-refractivity contribution in [2.24, 2.45) is 11.8 Å². The first-order chi connectivity index (χ1) is 23.6. The van der Waals surface area contributed by atoms with Crippen LogP contribution in [-0.2, 0) is 28.7 Å². The van der Waals surface area contributed by atoms with Crippen LogP contribution in [-0.4, -0.2) is 69.0 Å². The Labute approximate surface area is 300 Å². The molecule has 1 aliphatic rings. The van der Waals surface area contributed by atoms with E-state index in [1.807, 2.05) is 0 Å². The number of thioether (sulfide) groups is 4. The van der Waals surface area contributed by atoms with Crippen LogP contribution in [0.1, 0.15) is 46.4 Å². The highest BCUT2D eigenvalue weighted by Crippen LogP contribution is 2.37. The highest BCUT2D eigenvalue weighted by atomic mass is 32.2. The van der Waals surface area contributed by atoms with E-state index in [0.29, 0.717) is 58.5 Å². The second-order valence-corrected chi connectivity index (χ2v) is 14.5. The molecule has 0 heterocycles. The van der Waals surface area contributed by atoms with E-state index in [1.165, 1.54) is 12.1 Å². The van der Waals surface area contributed by atoms with Crippen LogP contribution in [0.5, 0.6) is 11.5 Å². The third kappa shape index (κ3) is 14.1. The Hall–Kier alpha value is -3.53. The SMILES string of the molecule is C=CC(=O)OCOc1ccc(C(=O)SCCSC(=O)[C@H]2CCCC[C@@H]2C(=O)SCCSC(=O)c2ccc(OCOC(=O)C(=C)F)cc2)cc1. The van der Waals surface area contributed by atoms with Crippen molar-refractivity contribution < 1.29 is 52.1 Å². The molecule has 0 aromatic heterocycles. The van der Waals surface area contributed by atoms with Crippen molar-refractivity contribution in [3.63, 3.8) is 0 Å². The van der Waals surface area contributed by atoms with Gasteiger partial charge in [0.25, 0.3) is 0 Å². The Balaban J connectivity index is 1.34. The minimum absolute atomic E-state index is 0.0339. The highest BCUT2D eigenvalue weighted by molar-refractivity contribution is 8.17. The van der Waals surface area contributed by atoms with Crippen molar-refractivity contribution in [1.82, 2.24) is 0 Å². The lowest BCUT2D eigenvalue weighted by molar-refractivity contribution is -0.147. The maximum atomic E-state index is 13.1. The fourth-order valence-corrected chi connectivity index (χ4v) is 8.15. The van der Waals surface area contributed by atoms with E-state index in [0.717, 1.165) is 66.0 Å². The molecule has 1 aliphatic carbocycles. The van der Waals surface area contributed by atoms with Crippen molar-refractivity contribution in [3.8, 4) is 11.5 Å². The van der Waals surface area contributed by atoms with Gasteiger partial charge < -0.3 is 18.9 Å². The molecule has 0 spiro atoms. The van der Waals surface area contributed by atoms with Crippen molar-refractivity contribution in [2.75, 3.05) is 36.6 Å². The predicted molar refractivity (Wildman–Crippen MR) is 190 cm³/mol. The zero-order chi connectivity index (χ0) is 35.6. The summed E-state index contributed by atoms with van der Waals surface area (Å²) >= 11 is 4.48. The smallest absolute Gasteiger partial charge is 0.369 e. The molecule has 262 valence electrons. The summed E-state index contributed by atoms with van der Waals surface area (Å²) in [5, 5.41) is -0.410. The second kappa shape index (κ2) is 21.5. The van der Waals surface area contributed by atoms with Gasteiger partial charge in [0.05, 0.1) is 0 Å². The summed E-state index contributed by atoms with van der Waals surface area (Å²) in [4.78, 5) is 73.4. The van der Waals surface area contributed by atoms with Crippen LogP contribution in [0.2, 0.25) is 0 Å². The summed E-state index contributed by atoms with van der Waals surface area (Å²) in [5.74, 6) is -1.35. The zero-order valence-corrected chi connectivity index (χ0v) is 29.7. The van der Waals surface area contributed by atoms with Gasteiger partial charge in [-0.15, -0.1) is 0 Å². The van der Waals surface area contributed by atoms with Gasteiger partial charge in [-0.25, -0.2) is 9.59 Å². The maximum absolute atomic E-state index is 13.1. The molecule has 1 saturated carbocycles. The van der Waals surface area contributed by atoms with Crippen molar-refractivity contribution in [2.45, 2.75) is 25.7 Å². The minimum Gasteiger partial charge on any atom is -0.457 e. The van der Waals surface area contributed by atoms with Crippen LogP contribution in [0.4, 0.5) is 4.39 Å². The molecule has 2 aromatic carbocycles. The number of hydrogen-bond acceptors (Lipinski definition) is 14. The largest absolute Gasteiger partial charge is 0.457 e.